The van der Waals surface area contributed by atoms with Crippen molar-refractivity contribution in [2.45, 2.75) is 79.5 Å². The van der Waals surface area contributed by atoms with E-state index in [0.29, 0.717) is 0 Å². The molecule has 21 heavy (non-hydrogen) atoms. The van der Waals surface area contributed by atoms with Crippen molar-refractivity contribution in [3.63, 3.8) is 0 Å². The molecular weight excluding hydrogens is 363 g/mol. The van der Waals surface area contributed by atoms with E-state index in [4.69, 9.17) is 3.07 Å². The molecule has 0 saturated carbocycles. The van der Waals surface area contributed by atoms with Crippen LogP contribution in [0.15, 0.2) is 24.3 Å². The van der Waals surface area contributed by atoms with Gasteiger partial charge in [-0.3, -0.25) is 0 Å². The van der Waals surface area contributed by atoms with Gasteiger partial charge in [-0.2, -0.15) is 0 Å². The standard InChI is InChI=1S/C7H8O.3C4H9.Sn/c1-6-3-2-4-7(8)5-6;3*1-3-4-2;/h2-5,8H,1H3;3*1,3-4H2,2H3;/q;;;;+1/p-1. The van der Waals surface area contributed by atoms with Gasteiger partial charge >= 0.3 is 137 Å². The van der Waals surface area contributed by atoms with Gasteiger partial charge in [0, 0.05) is 0 Å². The average molecular weight is 397 g/mol. The van der Waals surface area contributed by atoms with Gasteiger partial charge in [0.2, 0.25) is 0 Å². The third kappa shape index (κ3) is 7.08. The molecule has 1 aromatic rings. The first-order valence-corrected chi connectivity index (χ1v) is 16.1. The maximum absolute atomic E-state index is 6.80. The van der Waals surface area contributed by atoms with Crippen molar-refractivity contribution in [1.82, 2.24) is 0 Å². The summed E-state index contributed by atoms with van der Waals surface area (Å²) in [5.41, 5.74) is 1.31. The second-order valence-corrected chi connectivity index (χ2v) is 18.0. The molecule has 0 aliphatic rings. The van der Waals surface area contributed by atoms with Gasteiger partial charge in [0.05, 0.1) is 0 Å². The molecule has 0 bridgehead atoms. The number of hydrogen-bond acceptors (Lipinski definition) is 1. The van der Waals surface area contributed by atoms with Crippen molar-refractivity contribution in [1.29, 1.82) is 0 Å². The molecule has 0 aliphatic heterocycles. The van der Waals surface area contributed by atoms with Crippen LogP contribution in [0.4, 0.5) is 0 Å². The van der Waals surface area contributed by atoms with E-state index < -0.39 is 18.8 Å². The summed E-state index contributed by atoms with van der Waals surface area (Å²) in [6.07, 6.45) is 7.97. The first kappa shape index (κ1) is 18.9. The molecule has 0 N–H and O–H groups in total. The number of hydrogen-bond donors (Lipinski definition) is 0. The predicted molar refractivity (Wildman–Crippen MR) is 96.7 cm³/mol. The molecule has 0 aliphatic carbocycles. The van der Waals surface area contributed by atoms with Gasteiger partial charge in [-0.15, -0.1) is 0 Å². The van der Waals surface area contributed by atoms with Gasteiger partial charge in [0.25, 0.3) is 0 Å². The molecule has 1 aromatic carbocycles. The van der Waals surface area contributed by atoms with E-state index in [-0.39, 0.29) is 0 Å². The number of aryl methyl sites for hydroxylation is 1. The van der Waals surface area contributed by atoms with Crippen LogP contribution in [-0.2, 0) is 0 Å². The molecule has 0 atom stereocenters. The summed E-state index contributed by atoms with van der Waals surface area (Å²) in [7, 11) is 0. The zero-order valence-corrected chi connectivity index (χ0v) is 17.4. The van der Waals surface area contributed by atoms with E-state index in [0.717, 1.165) is 5.75 Å². The Hall–Kier alpha value is -0.181. The Balaban J connectivity index is 2.88. The third-order valence-corrected chi connectivity index (χ3v) is 17.0. The monoisotopic (exact) mass is 398 g/mol. The number of rotatable bonds is 11. The molecule has 0 fully saturated rings. The van der Waals surface area contributed by atoms with Crippen molar-refractivity contribution < 1.29 is 3.07 Å². The SMILES string of the molecule is CCC[CH2][Sn]([CH2]CCC)([CH2]CCC)[O]c1cccc(C)c1. The molecule has 1 rings (SSSR count). The van der Waals surface area contributed by atoms with Crippen molar-refractivity contribution in [2.75, 3.05) is 0 Å². The fourth-order valence-corrected chi connectivity index (χ4v) is 16.3. The van der Waals surface area contributed by atoms with Gasteiger partial charge in [0.1, 0.15) is 0 Å². The predicted octanol–water partition coefficient (Wildman–Crippen LogP) is 6.72. The van der Waals surface area contributed by atoms with Crippen LogP contribution in [0.2, 0.25) is 13.3 Å². The summed E-state index contributed by atoms with van der Waals surface area (Å²) in [5, 5.41) is 0. The van der Waals surface area contributed by atoms with E-state index in [1.807, 2.05) is 0 Å². The Labute approximate surface area is 136 Å². The molecule has 0 saturated heterocycles. The van der Waals surface area contributed by atoms with E-state index in [9.17, 15) is 0 Å². The van der Waals surface area contributed by atoms with Crippen molar-refractivity contribution in [3.8, 4) is 5.75 Å². The van der Waals surface area contributed by atoms with Gasteiger partial charge in [-0.05, 0) is 0 Å². The fourth-order valence-electron chi connectivity index (χ4n) is 2.95. The average Bonchev–Trinajstić information content (AvgIpc) is 2.48. The Kier molecular flexibility index (Phi) is 9.46. The van der Waals surface area contributed by atoms with E-state index in [1.54, 1.807) is 0 Å². The molecule has 2 heteroatoms. The quantitative estimate of drug-likeness (QED) is 0.377. The Morgan fingerprint density at radius 1 is 0.857 bits per heavy atom. The Morgan fingerprint density at radius 3 is 1.81 bits per heavy atom. The van der Waals surface area contributed by atoms with E-state index >= 15 is 0 Å². The molecule has 0 radical (unpaired) electrons. The zero-order valence-electron chi connectivity index (χ0n) is 14.6. The van der Waals surface area contributed by atoms with Crippen molar-refractivity contribution in [3.05, 3.63) is 29.8 Å². The summed E-state index contributed by atoms with van der Waals surface area (Å²) >= 11 is -2.48. The summed E-state index contributed by atoms with van der Waals surface area (Å²) in [4.78, 5) is 0. The van der Waals surface area contributed by atoms with Crippen LogP contribution >= 0.6 is 0 Å². The first-order valence-electron chi connectivity index (χ1n) is 8.91. The Morgan fingerprint density at radius 2 is 1.38 bits per heavy atom. The summed E-state index contributed by atoms with van der Waals surface area (Å²) in [5.74, 6) is 1.15. The fraction of sp³-hybridized carbons (Fsp3) is 0.684. The van der Waals surface area contributed by atoms with E-state index in [2.05, 4.69) is 52.0 Å². The van der Waals surface area contributed by atoms with Gasteiger partial charge < -0.3 is 0 Å². The van der Waals surface area contributed by atoms with Gasteiger partial charge in [0.15, 0.2) is 0 Å². The van der Waals surface area contributed by atoms with Crippen LogP contribution in [-0.4, -0.2) is 18.8 Å². The molecule has 0 amide bonds. The molecular formula is C19H34OSn. The van der Waals surface area contributed by atoms with Gasteiger partial charge in [-0.1, -0.05) is 0 Å². The molecule has 0 spiro atoms. The van der Waals surface area contributed by atoms with E-state index in [1.165, 1.54) is 57.4 Å². The molecule has 1 nitrogen and oxygen atoms in total. The van der Waals surface area contributed by atoms with Crippen molar-refractivity contribution >= 4 is 18.8 Å². The topological polar surface area (TPSA) is 9.23 Å². The molecule has 120 valence electrons. The van der Waals surface area contributed by atoms with Crippen LogP contribution in [0.1, 0.15) is 64.9 Å². The number of benzene rings is 1. The first-order chi connectivity index (χ1) is 10.2. The van der Waals surface area contributed by atoms with Crippen molar-refractivity contribution in [2.24, 2.45) is 0 Å². The molecule has 0 unspecified atom stereocenters. The minimum absolute atomic E-state index is 1.15. The molecule has 0 heterocycles. The maximum atomic E-state index is 6.80. The number of unbranched alkanes of at least 4 members (excludes halogenated alkanes) is 3. The van der Waals surface area contributed by atoms with Crippen LogP contribution < -0.4 is 3.07 Å². The Bertz CT molecular complexity index is 367. The second kappa shape index (κ2) is 10.5. The zero-order chi connectivity index (χ0) is 15.6. The van der Waals surface area contributed by atoms with Gasteiger partial charge in [-0.25, -0.2) is 0 Å². The minimum atomic E-state index is -2.48. The molecule has 0 aromatic heterocycles. The second-order valence-electron chi connectivity index (χ2n) is 6.41. The summed E-state index contributed by atoms with van der Waals surface area (Å²) in [6.45, 7) is 9.09. The normalized spacial score (nSPS) is 11.6. The van der Waals surface area contributed by atoms with Crippen LogP contribution in [0.3, 0.4) is 0 Å². The van der Waals surface area contributed by atoms with Crippen LogP contribution in [0, 0.1) is 6.92 Å². The summed E-state index contributed by atoms with van der Waals surface area (Å²) < 4.78 is 11.0. The summed E-state index contributed by atoms with van der Waals surface area (Å²) in [6, 6.07) is 8.70. The van der Waals surface area contributed by atoms with Crippen LogP contribution in [0.25, 0.3) is 0 Å². The third-order valence-electron chi connectivity index (χ3n) is 4.28. The van der Waals surface area contributed by atoms with Crippen LogP contribution in [0.5, 0.6) is 5.75 Å².